The van der Waals surface area contributed by atoms with E-state index >= 15 is 0 Å². The van der Waals surface area contributed by atoms with Crippen LogP contribution in [0.1, 0.15) is 30.6 Å². The molecule has 20 heavy (non-hydrogen) atoms. The van der Waals surface area contributed by atoms with E-state index in [1.807, 2.05) is 6.92 Å². The van der Waals surface area contributed by atoms with Gasteiger partial charge >= 0.3 is 0 Å². The average molecular weight is 316 g/mol. The van der Waals surface area contributed by atoms with Crippen molar-refractivity contribution in [2.45, 2.75) is 25.9 Å². The number of hydrogen-bond acceptors (Lipinski definition) is 2. The van der Waals surface area contributed by atoms with Gasteiger partial charge in [0.2, 0.25) is 0 Å². The molecule has 0 bridgehead atoms. The van der Waals surface area contributed by atoms with E-state index in [1.54, 1.807) is 30.1 Å². The molecule has 2 rings (SSSR count). The quantitative estimate of drug-likeness (QED) is 0.902. The molecule has 1 aromatic carbocycles. The summed E-state index contributed by atoms with van der Waals surface area (Å²) in [5.41, 5.74) is 1.21. The summed E-state index contributed by atoms with van der Waals surface area (Å²) in [6, 6.07) is 4.55. The number of nitrogens with zero attached hydrogens (tertiary/aromatic N) is 2. The van der Waals surface area contributed by atoms with Gasteiger partial charge < -0.3 is 5.32 Å². The summed E-state index contributed by atoms with van der Waals surface area (Å²) >= 11 is 12.1. The first-order valence-corrected chi connectivity index (χ1v) is 7.18. The van der Waals surface area contributed by atoms with Gasteiger partial charge in [0.1, 0.15) is 5.82 Å². The lowest BCUT2D eigenvalue weighted by Crippen LogP contribution is -2.23. The molecule has 0 saturated heterocycles. The van der Waals surface area contributed by atoms with E-state index < -0.39 is 11.9 Å². The average Bonchev–Trinajstić information content (AvgIpc) is 2.78. The second-order valence-corrected chi connectivity index (χ2v) is 5.28. The largest absolute Gasteiger partial charge is 0.308 e. The van der Waals surface area contributed by atoms with Crippen LogP contribution in [0, 0.1) is 5.82 Å². The van der Waals surface area contributed by atoms with Crippen molar-refractivity contribution in [1.29, 1.82) is 0 Å². The predicted octanol–water partition coefficient (Wildman–Crippen LogP) is 4.05. The van der Waals surface area contributed by atoms with Crippen LogP contribution in [-0.2, 0) is 6.54 Å². The molecule has 108 valence electrons. The Bertz CT molecular complexity index is 598. The Morgan fingerprint density at radius 1 is 1.35 bits per heavy atom. The van der Waals surface area contributed by atoms with Gasteiger partial charge in [-0.2, -0.15) is 5.10 Å². The lowest BCUT2D eigenvalue weighted by Gasteiger charge is -2.20. The summed E-state index contributed by atoms with van der Waals surface area (Å²) in [5.74, 6) is -0.436. The highest BCUT2D eigenvalue weighted by molar-refractivity contribution is 6.31. The van der Waals surface area contributed by atoms with Gasteiger partial charge in [0.25, 0.3) is 0 Å². The van der Waals surface area contributed by atoms with E-state index in [-0.39, 0.29) is 5.02 Å². The number of halogens is 3. The van der Waals surface area contributed by atoms with Crippen LogP contribution in [0.2, 0.25) is 10.0 Å². The molecule has 0 radical (unpaired) electrons. The van der Waals surface area contributed by atoms with Crippen LogP contribution in [0.15, 0.2) is 24.4 Å². The van der Waals surface area contributed by atoms with E-state index in [1.165, 1.54) is 6.07 Å². The van der Waals surface area contributed by atoms with Crippen molar-refractivity contribution in [1.82, 2.24) is 15.1 Å². The van der Waals surface area contributed by atoms with E-state index in [0.717, 1.165) is 18.7 Å². The molecule has 1 atom stereocenters. The fourth-order valence-electron chi connectivity index (χ4n) is 2.23. The van der Waals surface area contributed by atoms with Crippen molar-refractivity contribution >= 4 is 23.2 Å². The number of nitrogens with one attached hydrogen (secondary N) is 1. The van der Waals surface area contributed by atoms with Gasteiger partial charge in [-0.15, -0.1) is 0 Å². The van der Waals surface area contributed by atoms with Gasteiger partial charge in [0.15, 0.2) is 0 Å². The molecule has 1 unspecified atom stereocenters. The molecule has 0 fully saturated rings. The topological polar surface area (TPSA) is 29.9 Å². The van der Waals surface area contributed by atoms with Gasteiger partial charge in [-0.05, 0) is 19.5 Å². The van der Waals surface area contributed by atoms with E-state index in [0.29, 0.717) is 10.6 Å². The third-order valence-electron chi connectivity index (χ3n) is 3.12. The molecular weight excluding hydrogens is 300 g/mol. The van der Waals surface area contributed by atoms with Crippen LogP contribution >= 0.6 is 23.2 Å². The van der Waals surface area contributed by atoms with Crippen molar-refractivity contribution < 1.29 is 4.39 Å². The molecule has 3 nitrogen and oxygen atoms in total. The molecule has 1 aromatic heterocycles. The van der Waals surface area contributed by atoms with Crippen molar-refractivity contribution in [3.8, 4) is 0 Å². The lowest BCUT2D eigenvalue weighted by atomic mass is 10.0. The molecule has 0 spiro atoms. The first-order valence-electron chi connectivity index (χ1n) is 6.42. The van der Waals surface area contributed by atoms with Crippen LogP contribution in [0.5, 0.6) is 0 Å². The summed E-state index contributed by atoms with van der Waals surface area (Å²) in [4.78, 5) is 0. The third kappa shape index (κ3) is 2.82. The Labute approximate surface area is 127 Å². The maximum atomic E-state index is 14.2. The van der Waals surface area contributed by atoms with Crippen molar-refractivity contribution in [3.05, 3.63) is 51.5 Å². The van der Waals surface area contributed by atoms with Gasteiger partial charge in [0, 0.05) is 12.1 Å². The first kappa shape index (κ1) is 15.3. The molecule has 0 aliphatic rings. The van der Waals surface area contributed by atoms with Gasteiger partial charge in [-0.25, -0.2) is 4.39 Å². The predicted molar refractivity (Wildman–Crippen MR) is 79.8 cm³/mol. The molecule has 1 N–H and O–H groups in total. The Hall–Kier alpha value is -1.10. The molecule has 6 heteroatoms. The summed E-state index contributed by atoms with van der Waals surface area (Å²) in [5, 5.41) is 7.93. The first-order chi connectivity index (χ1) is 9.60. The summed E-state index contributed by atoms with van der Waals surface area (Å²) in [6.45, 7) is 2.77. The minimum absolute atomic E-state index is 0.0976. The number of benzene rings is 1. The fourth-order valence-corrected chi connectivity index (χ4v) is 2.66. The second-order valence-electron chi connectivity index (χ2n) is 4.47. The second kappa shape index (κ2) is 6.57. The zero-order valence-electron chi connectivity index (χ0n) is 11.3. The fraction of sp³-hybridized carbons (Fsp3) is 0.357. The zero-order chi connectivity index (χ0) is 14.7. The van der Waals surface area contributed by atoms with Crippen molar-refractivity contribution in [3.63, 3.8) is 0 Å². The SMILES string of the molecule is CCCn1ncc(Cl)c1C(NC)c1cccc(Cl)c1F. The van der Waals surface area contributed by atoms with E-state index in [9.17, 15) is 4.39 Å². The Morgan fingerprint density at radius 2 is 2.10 bits per heavy atom. The molecule has 2 aromatic rings. The molecule has 0 aliphatic heterocycles. The maximum absolute atomic E-state index is 14.2. The standard InChI is InChI=1S/C14H16Cl2FN3/c1-3-7-20-14(11(16)8-19-20)13(18-2)9-5-4-6-10(15)12(9)17/h4-6,8,13,18H,3,7H2,1-2H3. The molecule has 0 aliphatic carbocycles. The van der Waals surface area contributed by atoms with Crippen molar-refractivity contribution in [2.24, 2.45) is 0 Å². The smallest absolute Gasteiger partial charge is 0.146 e. The monoisotopic (exact) mass is 315 g/mol. The van der Waals surface area contributed by atoms with Crippen LogP contribution in [0.25, 0.3) is 0 Å². The molecular formula is C14H16Cl2FN3. The summed E-state index contributed by atoms with van der Waals surface area (Å²) in [6.07, 6.45) is 2.50. The summed E-state index contributed by atoms with van der Waals surface area (Å²) in [7, 11) is 1.75. The van der Waals surface area contributed by atoms with Crippen molar-refractivity contribution in [2.75, 3.05) is 7.05 Å². The Balaban J connectivity index is 2.52. The molecule has 0 amide bonds. The van der Waals surface area contributed by atoms with Crippen LogP contribution in [0.4, 0.5) is 4.39 Å². The highest BCUT2D eigenvalue weighted by Crippen LogP contribution is 2.31. The maximum Gasteiger partial charge on any atom is 0.146 e. The number of hydrogen-bond donors (Lipinski definition) is 1. The van der Waals surface area contributed by atoms with E-state index in [4.69, 9.17) is 23.2 Å². The minimum Gasteiger partial charge on any atom is -0.308 e. The number of aryl methyl sites for hydroxylation is 1. The normalized spacial score (nSPS) is 12.7. The Kier molecular flexibility index (Phi) is 5.02. The van der Waals surface area contributed by atoms with E-state index in [2.05, 4.69) is 10.4 Å². The van der Waals surface area contributed by atoms with Gasteiger partial charge in [0.05, 0.1) is 28.0 Å². The van der Waals surface area contributed by atoms with Gasteiger partial charge in [-0.3, -0.25) is 4.68 Å². The minimum atomic E-state index is -0.436. The highest BCUT2D eigenvalue weighted by Gasteiger charge is 2.24. The summed E-state index contributed by atoms with van der Waals surface area (Å²) < 4.78 is 16.0. The number of aromatic nitrogens is 2. The van der Waals surface area contributed by atoms with Crippen LogP contribution in [0.3, 0.4) is 0 Å². The Morgan fingerprint density at radius 3 is 2.75 bits per heavy atom. The lowest BCUT2D eigenvalue weighted by molar-refractivity contribution is 0.516. The van der Waals surface area contributed by atoms with Crippen LogP contribution in [-0.4, -0.2) is 16.8 Å². The number of rotatable bonds is 5. The molecule has 0 saturated carbocycles. The molecule has 1 heterocycles. The van der Waals surface area contributed by atoms with Crippen LogP contribution < -0.4 is 5.32 Å². The van der Waals surface area contributed by atoms with Gasteiger partial charge in [-0.1, -0.05) is 42.3 Å². The highest BCUT2D eigenvalue weighted by atomic mass is 35.5. The zero-order valence-corrected chi connectivity index (χ0v) is 12.8. The third-order valence-corrected chi connectivity index (χ3v) is 3.71.